The van der Waals surface area contributed by atoms with Crippen molar-refractivity contribution >= 4 is 0 Å². The Morgan fingerprint density at radius 2 is 1.77 bits per heavy atom. The second-order valence-corrected chi connectivity index (χ2v) is 5.43. The number of hydrogen-bond acceptors (Lipinski definition) is 2. The summed E-state index contributed by atoms with van der Waals surface area (Å²) < 4.78 is 5.74. The van der Waals surface area contributed by atoms with Gasteiger partial charge in [0.05, 0.1) is 5.60 Å². The molecule has 0 aromatic rings. The van der Waals surface area contributed by atoms with E-state index in [1.807, 2.05) is 7.11 Å². The van der Waals surface area contributed by atoms with Crippen molar-refractivity contribution in [3.05, 3.63) is 0 Å². The van der Waals surface area contributed by atoms with Crippen LogP contribution in [0.4, 0.5) is 0 Å². The van der Waals surface area contributed by atoms with Gasteiger partial charge in [-0.2, -0.15) is 0 Å². The first kappa shape index (κ1) is 8.25. The smallest absolute Gasteiger partial charge is 0.0687 e. The maximum atomic E-state index is 6.23. The Labute approximate surface area is 79.8 Å². The van der Waals surface area contributed by atoms with E-state index in [9.17, 15) is 0 Å². The first-order valence-electron chi connectivity index (χ1n) is 5.53. The average molecular weight is 181 g/mol. The molecule has 0 aliphatic heterocycles. The fourth-order valence-corrected chi connectivity index (χ4v) is 4.24. The summed E-state index contributed by atoms with van der Waals surface area (Å²) in [7, 11) is 1.89. The van der Waals surface area contributed by atoms with Crippen LogP contribution >= 0.6 is 0 Å². The SMILES string of the molecule is COC12CC3C[C@H](C1)C(N)[C@H](C3)C2. The fraction of sp³-hybridized carbons (Fsp3) is 1.00. The molecule has 4 fully saturated rings. The quantitative estimate of drug-likeness (QED) is 0.666. The molecule has 2 atom stereocenters. The van der Waals surface area contributed by atoms with Crippen LogP contribution in [0.5, 0.6) is 0 Å². The summed E-state index contributed by atoms with van der Waals surface area (Å²) in [6.07, 6.45) is 6.53. The molecule has 4 bridgehead atoms. The van der Waals surface area contributed by atoms with Crippen molar-refractivity contribution in [2.24, 2.45) is 23.5 Å². The Kier molecular flexibility index (Phi) is 1.58. The number of hydrogen-bond donors (Lipinski definition) is 1. The molecule has 74 valence electrons. The van der Waals surface area contributed by atoms with E-state index in [0.717, 1.165) is 17.8 Å². The van der Waals surface area contributed by atoms with Gasteiger partial charge >= 0.3 is 0 Å². The molecule has 13 heavy (non-hydrogen) atoms. The molecule has 0 aromatic carbocycles. The van der Waals surface area contributed by atoms with Crippen molar-refractivity contribution in [3.63, 3.8) is 0 Å². The van der Waals surface area contributed by atoms with Crippen molar-refractivity contribution in [2.75, 3.05) is 7.11 Å². The van der Waals surface area contributed by atoms with E-state index in [0.29, 0.717) is 6.04 Å². The lowest BCUT2D eigenvalue weighted by atomic mass is 9.52. The van der Waals surface area contributed by atoms with Gasteiger partial charge in [0.25, 0.3) is 0 Å². The molecule has 4 aliphatic rings. The van der Waals surface area contributed by atoms with Crippen LogP contribution in [-0.2, 0) is 4.74 Å². The molecule has 2 N–H and O–H groups in total. The fourth-order valence-electron chi connectivity index (χ4n) is 4.24. The zero-order valence-corrected chi connectivity index (χ0v) is 8.33. The average Bonchev–Trinajstić information content (AvgIpc) is 2.13. The van der Waals surface area contributed by atoms with Crippen LogP contribution in [0.1, 0.15) is 32.1 Å². The van der Waals surface area contributed by atoms with Gasteiger partial charge in [0, 0.05) is 13.2 Å². The molecule has 0 aromatic heterocycles. The summed E-state index contributed by atoms with van der Waals surface area (Å²) in [6, 6.07) is 0.486. The largest absolute Gasteiger partial charge is 0.378 e. The highest BCUT2D eigenvalue weighted by atomic mass is 16.5. The minimum Gasteiger partial charge on any atom is -0.378 e. The third kappa shape index (κ3) is 1.02. The molecule has 4 aliphatic carbocycles. The molecule has 4 rings (SSSR count). The van der Waals surface area contributed by atoms with E-state index < -0.39 is 0 Å². The van der Waals surface area contributed by atoms with Gasteiger partial charge < -0.3 is 10.5 Å². The van der Waals surface area contributed by atoms with E-state index in [-0.39, 0.29) is 5.60 Å². The molecular weight excluding hydrogens is 162 g/mol. The van der Waals surface area contributed by atoms with Crippen molar-refractivity contribution in [2.45, 2.75) is 43.7 Å². The van der Waals surface area contributed by atoms with E-state index >= 15 is 0 Å². The van der Waals surface area contributed by atoms with Gasteiger partial charge in [-0.3, -0.25) is 0 Å². The van der Waals surface area contributed by atoms with Gasteiger partial charge in [0.1, 0.15) is 0 Å². The van der Waals surface area contributed by atoms with Crippen molar-refractivity contribution in [3.8, 4) is 0 Å². The Balaban J connectivity index is 1.92. The number of ether oxygens (including phenoxy) is 1. The molecule has 0 heterocycles. The normalized spacial score (nSPS) is 58.6. The predicted molar refractivity (Wildman–Crippen MR) is 51.3 cm³/mol. The minimum absolute atomic E-state index is 0.242. The molecule has 0 spiro atoms. The number of rotatable bonds is 1. The lowest BCUT2D eigenvalue weighted by Crippen LogP contribution is -2.60. The Morgan fingerprint density at radius 3 is 2.31 bits per heavy atom. The Morgan fingerprint density at radius 1 is 1.15 bits per heavy atom. The van der Waals surface area contributed by atoms with Gasteiger partial charge in [-0.15, -0.1) is 0 Å². The molecule has 2 nitrogen and oxygen atoms in total. The summed E-state index contributed by atoms with van der Waals surface area (Å²) in [5.74, 6) is 2.47. The molecule has 0 unspecified atom stereocenters. The van der Waals surface area contributed by atoms with Crippen LogP contribution in [0.2, 0.25) is 0 Å². The van der Waals surface area contributed by atoms with Crippen LogP contribution in [0.15, 0.2) is 0 Å². The van der Waals surface area contributed by atoms with Gasteiger partial charge in [-0.1, -0.05) is 0 Å². The van der Waals surface area contributed by atoms with Crippen LogP contribution in [0, 0.1) is 17.8 Å². The molecule has 2 heteroatoms. The Bertz CT molecular complexity index is 212. The van der Waals surface area contributed by atoms with E-state index in [2.05, 4.69) is 0 Å². The van der Waals surface area contributed by atoms with E-state index in [4.69, 9.17) is 10.5 Å². The van der Waals surface area contributed by atoms with Crippen LogP contribution in [0.3, 0.4) is 0 Å². The van der Waals surface area contributed by atoms with Gasteiger partial charge in [-0.05, 0) is 49.9 Å². The summed E-state index contributed by atoms with van der Waals surface area (Å²) in [4.78, 5) is 0. The van der Waals surface area contributed by atoms with E-state index in [1.54, 1.807) is 0 Å². The van der Waals surface area contributed by atoms with Gasteiger partial charge in [0.15, 0.2) is 0 Å². The molecule has 0 amide bonds. The minimum atomic E-state index is 0.242. The molecular formula is C11H19NO. The Hall–Kier alpha value is -0.0800. The molecule has 4 saturated carbocycles. The highest BCUT2D eigenvalue weighted by Crippen LogP contribution is 2.56. The second-order valence-electron chi connectivity index (χ2n) is 5.43. The number of methoxy groups -OCH3 is 1. The first-order valence-corrected chi connectivity index (χ1v) is 5.53. The summed E-state index contributed by atoms with van der Waals surface area (Å²) in [6.45, 7) is 0. The molecule has 0 saturated heterocycles. The zero-order valence-electron chi connectivity index (χ0n) is 8.33. The van der Waals surface area contributed by atoms with Gasteiger partial charge in [0.2, 0.25) is 0 Å². The van der Waals surface area contributed by atoms with Crippen LogP contribution < -0.4 is 5.73 Å². The maximum Gasteiger partial charge on any atom is 0.0687 e. The zero-order chi connectivity index (χ0) is 9.05. The highest BCUT2D eigenvalue weighted by Gasteiger charge is 2.54. The summed E-state index contributed by atoms with van der Waals surface area (Å²) in [5, 5.41) is 0. The van der Waals surface area contributed by atoms with Gasteiger partial charge in [-0.25, -0.2) is 0 Å². The monoisotopic (exact) mass is 181 g/mol. The highest BCUT2D eigenvalue weighted by molar-refractivity contribution is 5.07. The summed E-state index contributed by atoms with van der Waals surface area (Å²) >= 11 is 0. The topological polar surface area (TPSA) is 35.2 Å². The molecule has 0 radical (unpaired) electrons. The van der Waals surface area contributed by atoms with Crippen molar-refractivity contribution in [1.82, 2.24) is 0 Å². The predicted octanol–water partition coefficient (Wildman–Crippen LogP) is 1.54. The first-order chi connectivity index (χ1) is 6.22. The van der Waals surface area contributed by atoms with E-state index in [1.165, 1.54) is 32.1 Å². The standard InChI is InChI=1S/C11H19NO/c1-13-11-4-7-2-8(5-11)10(12)9(3-7)6-11/h7-10H,2-6,12H2,1H3/t7?,8-,9-,10?,11?/m1/s1. The third-order valence-corrected chi connectivity index (χ3v) is 4.72. The third-order valence-electron chi connectivity index (χ3n) is 4.72. The lowest BCUT2D eigenvalue weighted by molar-refractivity contribution is -0.152. The van der Waals surface area contributed by atoms with Crippen LogP contribution in [-0.4, -0.2) is 18.8 Å². The summed E-state index contributed by atoms with van der Waals surface area (Å²) in [5.41, 5.74) is 6.47. The van der Waals surface area contributed by atoms with Crippen molar-refractivity contribution < 1.29 is 4.74 Å². The second kappa shape index (κ2) is 2.48. The van der Waals surface area contributed by atoms with Crippen LogP contribution in [0.25, 0.3) is 0 Å². The number of nitrogens with two attached hydrogens (primary N) is 1. The lowest BCUT2D eigenvalue weighted by Gasteiger charge is -2.58. The maximum absolute atomic E-state index is 6.23. The van der Waals surface area contributed by atoms with Crippen molar-refractivity contribution in [1.29, 1.82) is 0 Å².